The molecule has 3 rings (SSSR count). The molecule has 1 amide bonds. The van der Waals surface area contributed by atoms with Gasteiger partial charge >= 0.3 is 0 Å². The lowest BCUT2D eigenvalue weighted by molar-refractivity contribution is 0.0975. The van der Waals surface area contributed by atoms with Crippen molar-refractivity contribution >= 4 is 34.8 Å². The monoisotopic (exact) mass is 333 g/mol. The average Bonchev–Trinajstić information content (AvgIpc) is 2.54. The first-order valence-electron chi connectivity index (χ1n) is 7.28. The van der Waals surface area contributed by atoms with Crippen LogP contribution in [0.3, 0.4) is 0 Å². The largest absolute Gasteiger partial charge is 0.304 e. The van der Waals surface area contributed by atoms with E-state index in [1.54, 1.807) is 4.90 Å². The van der Waals surface area contributed by atoms with Crippen molar-refractivity contribution in [2.75, 3.05) is 4.90 Å². The van der Waals surface area contributed by atoms with Crippen LogP contribution in [0.25, 0.3) is 0 Å². The molecule has 22 heavy (non-hydrogen) atoms. The molecule has 0 bridgehead atoms. The van der Waals surface area contributed by atoms with Gasteiger partial charge in [0.25, 0.3) is 5.91 Å². The molecule has 0 spiro atoms. The van der Waals surface area contributed by atoms with Crippen LogP contribution in [0.4, 0.5) is 5.69 Å². The number of carbonyl (C=O) groups is 1. The SMILES string of the molecule is Cc1ccc2c(c1)[C@H](Cl)[C@H](Cl)[C@H](C)N2C(=O)c1ccccc1. The van der Waals surface area contributed by atoms with Crippen molar-refractivity contribution in [3.63, 3.8) is 0 Å². The van der Waals surface area contributed by atoms with Crippen molar-refractivity contribution < 1.29 is 4.79 Å². The Morgan fingerprint density at radius 3 is 2.45 bits per heavy atom. The molecule has 0 radical (unpaired) electrons. The Hall–Kier alpha value is -1.51. The highest BCUT2D eigenvalue weighted by Gasteiger charge is 2.39. The molecule has 1 heterocycles. The van der Waals surface area contributed by atoms with Gasteiger partial charge in [-0.3, -0.25) is 4.79 Å². The quantitative estimate of drug-likeness (QED) is 0.677. The number of amides is 1. The number of hydrogen-bond acceptors (Lipinski definition) is 1. The van der Waals surface area contributed by atoms with Crippen LogP contribution >= 0.6 is 23.2 Å². The standard InChI is InChI=1S/C18H17Cl2NO/c1-11-8-9-15-14(10-11)17(20)16(19)12(2)21(15)18(22)13-6-4-3-5-7-13/h3-10,12,16-17H,1-2H3/t12-,16+,17-/m0/s1. The predicted octanol–water partition coefficient (Wildman–Crippen LogP) is 4.93. The first-order valence-corrected chi connectivity index (χ1v) is 8.15. The molecule has 0 saturated carbocycles. The van der Waals surface area contributed by atoms with Crippen molar-refractivity contribution in [1.82, 2.24) is 0 Å². The summed E-state index contributed by atoms with van der Waals surface area (Å²) in [5.74, 6) is -0.0487. The van der Waals surface area contributed by atoms with Crippen LogP contribution in [-0.4, -0.2) is 17.3 Å². The zero-order valence-corrected chi connectivity index (χ0v) is 14.0. The van der Waals surface area contributed by atoms with Crippen LogP contribution in [-0.2, 0) is 0 Å². The molecule has 0 saturated heterocycles. The summed E-state index contributed by atoms with van der Waals surface area (Å²) in [5.41, 5.74) is 3.53. The Morgan fingerprint density at radius 1 is 1.09 bits per heavy atom. The first kappa shape index (κ1) is 15.4. The maximum atomic E-state index is 12.9. The number of benzene rings is 2. The highest BCUT2D eigenvalue weighted by atomic mass is 35.5. The summed E-state index contributed by atoms with van der Waals surface area (Å²) in [4.78, 5) is 14.7. The molecule has 0 N–H and O–H groups in total. The van der Waals surface area contributed by atoms with Gasteiger partial charge in [0, 0.05) is 11.3 Å². The fraction of sp³-hybridized carbons (Fsp3) is 0.278. The molecule has 114 valence electrons. The third-order valence-corrected chi connectivity index (χ3v) is 5.38. The topological polar surface area (TPSA) is 20.3 Å². The van der Waals surface area contributed by atoms with Crippen LogP contribution in [0.2, 0.25) is 0 Å². The Kier molecular flexibility index (Phi) is 4.16. The van der Waals surface area contributed by atoms with Crippen LogP contribution in [0, 0.1) is 6.92 Å². The summed E-state index contributed by atoms with van der Waals surface area (Å²) >= 11 is 13.0. The molecule has 0 aromatic heterocycles. The number of nitrogens with zero attached hydrogens (tertiary/aromatic N) is 1. The third-order valence-electron chi connectivity index (χ3n) is 4.13. The van der Waals surface area contributed by atoms with Gasteiger partial charge in [0.2, 0.25) is 0 Å². The van der Waals surface area contributed by atoms with Crippen molar-refractivity contribution in [3.8, 4) is 0 Å². The lowest BCUT2D eigenvalue weighted by Gasteiger charge is -2.40. The van der Waals surface area contributed by atoms with Crippen molar-refractivity contribution in [2.45, 2.75) is 30.6 Å². The van der Waals surface area contributed by atoms with E-state index >= 15 is 0 Å². The molecule has 2 aromatic carbocycles. The highest BCUT2D eigenvalue weighted by Crippen LogP contribution is 2.44. The second-order valence-corrected chi connectivity index (χ2v) is 6.66. The van der Waals surface area contributed by atoms with Crippen LogP contribution in [0.1, 0.15) is 33.8 Å². The Morgan fingerprint density at radius 2 is 1.77 bits per heavy atom. The molecule has 0 unspecified atom stereocenters. The van der Waals surface area contributed by atoms with E-state index in [0.29, 0.717) is 5.56 Å². The normalized spacial score (nSPS) is 24.0. The van der Waals surface area contributed by atoms with E-state index in [9.17, 15) is 4.79 Å². The van der Waals surface area contributed by atoms with Crippen LogP contribution in [0.5, 0.6) is 0 Å². The average molecular weight is 334 g/mol. The molecule has 3 atom stereocenters. The van der Waals surface area contributed by atoms with E-state index in [-0.39, 0.29) is 22.7 Å². The minimum atomic E-state index is -0.330. The number of fused-ring (bicyclic) bond motifs is 1. The van der Waals surface area contributed by atoms with E-state index in [1.807, 2.05) is 62.4 Å². The summed E-state index contributed by atoms with van der Waals surface area (Å²) in [6.07, 6.45) is 0. The summed E-state index contributed by atoms with van der Waals surface area (Å²) < 4.78 is 0. The Balaban J connectivity index is 2.11. The van der Waals surface area contributed by atoms with Gasteiger partial charge in [0.05, 0.1) is 16.8 Å². The molecule has 4 heteroatoms. The molecule has 1 aliphatic rings. The van der Waals surface area contributed by atoms with Crippen LogP contribution < -0.4 is 4.90 Å². The van der Waals surface area contributed by atoms with E-state index in [2.05, 4.69) is 0 Å². The molecular weight excluding hydrogens is 317 g/mol. The number of halogens is 2. The summed E-state index contributed by atoms with van der Waals surface area (Å²) in [6.45, 7) is 3.95. The van der Waals surface area contributed by atoms with E-state index in [0.717, 1.165) is 16.8 Å². The number of anilines is 1. The lowest BCUT2D eigenvalue weighted by Crippen LogP contribution is -2.48. The maximum absolute atomic E-state index is 12.9. The van der Waals surface area contributed by atoms with Gasteiger partial charge in [-0.25, -0.2) is 0 Å². The molecule has 0 fully saturated rings. The third kappa shape index (κ3) is 2.51. The van der Waals surface area contributed by atoms with E-state index < -0.39 is 0 Å². The zero-order valence-electron chi connectivity index (χ0n) is 12.5. The van der Waals surface area contributed by atoms with Crippen molar-refractivity contribution in [3.05, 3.63) is 65.2 Å². The van der Waals surface area contributed by atoms with Gasteiger partial charge in [0.1, 0.15) is 0 Å². The number of aryl methyl sites for hydroxylation is 1. The predicted molar refractivity (Wildman–Crippen MR) is 92.1 cm³/mol. The zero-order chi connectivity index (χ0) is 15.9. The second kappa shape index (κ2) is 5.94. The van der Waals surface area contributed by atoms with Crippen molar-refractivity contribution in [2.24, 2.45) is 0 Å². The Bertz CT molecular complexity index is 701. The lowest BCUT2D eigenvalue weighted by atomic mass is 9.93. The van der Waals surface area contributed by atoms with Gasteiger partial charge in [0.15, 0.2) is 0 Å². The molecule has 2 aromatic rings. The second-order valence-electron chi connectivity index (χ2n) is 5.69. The minimum absolute atomic E-state index is 0.0487. The highest BCUT2D eigenvalue weighted by molar-refractivity contribution is 6.32. The summed E-state index contributed by atoms with van der Waals surface area (Å²) in [6, 6.07) is 15.0. The minimum Gasteiger partial charge on any atom is -0.304 e. The van der Waals surface area contributed by atoms with Gasteiger partial charge in [-0.2, -0.15) is 0 Å². The van der Waals surface area contributed by atoms with Gasteiger partial charge in [-0.15, -0.1) is 23.2 Å². The van der Waals surface area contributed by atoms with Gasteiger partial charge in [-0.1, -0.05) is 35.9 Å². The molecule has 2 nitrogen and oxygen atoms in total. The Labute approximate surface area is 140 Å². The maximum Gasteiger partial charge on any atom is 0.258 e. The fourth-order valence-electron chi connectivity index (χ4n) is 2.91. The smallest absolute Gasteiger partial charge is 0.258 e. The van der Waals surface area contributed by atoms with E-state index in [1.165, 1.54) is 0 Å². The number of hydrogen-bond donors (Lipinski definition) is 0. The number of alkyl halides is 2. The molecule has 1 aliphatic heterocycles. The molecule has 0 aliphatic carbocycles. The van der Waals surface area contributed by atoms with Crippen LogP contribution in [0.15, 0.2) is 48.5 Å². The molecular formula is C18H17Cl2NO. The summed E-state index contributed by atoms with van der Waals surface area (Å²) in [5, 5.41) is -0.630. The summed E-state index contributed by atoms with van der Waals surface area (Å²) in [7, 11) is 0. The number of carbonyl (C=O) groups excluding carboxylic acids is 1. The number of rotatable bonds is 1. The van der Waals surface area contributed by atoms with E-state index in [4.69, 9.17) is 23.2 Å². The fourth-order valence-corrected chi connectivity index (χ4v) is 3.54. The van der Waals surface area contributed by atoms with Gasteiger partial charge < -0.3 is 4.90 Å². The van der Waals surface area contributed by atoms with Crippen molar-refractivity contribution in [1.29, 1.82) is 0 Å². The van der Waals surface area contributed by atoms with Gasteiger partial charge in [-0.05, 0) is 37.6 Å². The first-order chi connectivity index (χ1) is 10.5.